The maximum atomic E-state index is 4.62. The van der Waals surface area contributed by atoms with Gasteiger partial charge in [-0.2, -0.15) is 0 Å². The third-order valence-electron chi connectivity index (χ3n) is 4.38. The number of nitrogens with zero attached hydrogens (tertiary/aromatic N) is 3. The van der Waals surface area contributed by atoms with Crippen molar-refractivity contribution in [2.24, 2.45) is 0 Å². The number of imidazole rings is 1. The normalized spacial score (nSPS) is 16.1. The lowest BCUT2D eigenvalue weighted by molar-refractivity contribution is 0.577. The van der Waals surface area contributed by atoms with Crippen LogP contribution < -0.4 is 10.2 Å². The standard InChI is InChI=1S/C18H21N5S/c1-2-10-23(11-3-1)14-6-7-16(21-13-14)22-17(15-5-4-12-24-15)18-19-8-9-20-18/h4-9,12-13,17H,1-3,10-11H2,(H,19,20)(H,21,22)/t17-/m0/s1. The fourth-order valence-corrected chi connectivity index (χ4v) is 3.90. The summed E-state index contributed by atoms with van der Waals surface area (Å²) in [5.41, 5.74) is 1.21. The molecule has 0 bridgehead atoms. The molecule has 0 spiro atoms. The highest BCUT2D eigenvalue weighted by molar-refractivity contribution is 7.10. The maximum absolute atomic E-state index is 4.62. The molecule has 0 amide bonds. The molecule has 0 unspecified atom stereocenters. The molecule has 124 valence electrons. The van der Waals surface area contributed by atoms with E-state index >= 15 is 0 Å². The first-order valence-corrected chi connectivity index (χ1v) is 9.28. The van der Waals surface area contributed by atoms with E-state index in [1.54, 1.807) is 17.5 Å². The van der Waals surface area contributed by atoms with Gasteiger partial charge in [-0.05, 0) is 42.8 Å². The summed E-state index contributed by atoms with van der Waals surface area (Å²) >= 11 is 1.72. The van der Waals surface area contributed by atoms with Gasteiger partial charge in [0.2, 0.25) is 0 Å². The quantitative estimate of drug-likeness (QED) is 0.736. The smallest absolute Gasteiger partial charge is 0.134 e. The largest absolute Gasteiger partial charge is 0.370 e. The average Bonchev–Trinajstić information content (AvgIpc) is 3.35. The Morgan fingerprint density at radius 1 is 1.12 bits per heavy atom. The van der Waals surface area contributed by atoms with E-state index in [1.807, 2.05) is 12.4 Å². The second-order valence-corrected chi connectivity index (χ2v) is 7.00. The molecule has 4 heterocycles. The van der Waals surface area contributed by atoms with Crippen LogP contribution in [0.5, 0.6) is 0 Å². The average molecular weight is 339 g/mol. The summed E-state index contributed by atoms with van der Waals surface area (Å²) in [5, 5.41) is 5.58. The van der Waals surface area contributed by atoms with Crippen molar-refractivity contribution in [1.29, 1.82) is 0 Å². The van der Waals surface area contributed by atoms with Crippen molar-refractivity contribution in [3.05, 3.63) is 58.9 Å². The number of hydrogen-bond acceptors (Lipinski definition) is 5. The molecule has 0 aliphatic carbocycles. The molecule has 1 fully saturated rings. The SMILES string of the molecule is c1csc([C@H](Nc2ccc(N3CCCCC3)cn2)c2ncc[nH]2)c1. The van der Waals surface area contributed by atoms with Gasteiger partial charge in [-0.3, -0.25) is 0 Å². The molecule has 0 aromatic carbocycles. The number of aromatic nitrogens is 3. The Morgan fingerprint density at radius 2 is 2.04 bits per heavy atom. The van der Waals surface area contributed by atoms with Crippen molar-refractivity contribution in [3.8, 4) is 0 Å². The molecule has 6 heteroatoms. The van der Waals surface area contributed by atoms with Crippen LogP contribution in [-0.4, -0.2) is 28.0 Å². The Kier molecular flexibility index (Phi) is 4.46. The minimum absolute atomic E-state index is 0.00617. The molecular formula is C18H21N5S. The third-order valence-corrected chi connectivity index (χ3v) is 5.32. The lowest BCUT2D eigenvalue weighted by Gasteiger charge is -2.28. The number of thiophene rings is 1. The molecule has 24 heavy (non-hydrogen) atoms. The summed E-state index contributed by atoms with van der Waals surface area (Å²) in [7, 11) is 0. The molecule has 1 aliphatic rings. The van der Waals surface area contributed by atoms with Gasteiger partial charge in [0.05, 0.1) is 11.9 Å². The first-order chi connectivity index (χ1) is 11.9. The van der Waals surface area contributed by atoms with E-state index in [0.717, 1.165) is 24.7 Å². The molecule has 0 saturated carbocycles. The van der Waals surface area contributed by atoms with Gasteiger partial charge in [-0.25, -0.2) is 9.97 Å². The van der Waals surface area contributed by atoms with Crippen LogP contribution in [0.1, 0.15) is 36.0 Å². The summed E-state index contributed by atoms with van der Waals surface area (Å²) in [6.45, 7) is 2.28. The number of pyridine rings is 1. The first-order valence-electron chi connectivity index (χ1n) is 8.40. The van der Waals surface area contributed by atoms with E-state index in [-0.39, 0.29) is 6.04 Å². The van der Waals surface area contributed by atoms with Crippen molar-refractivity contribution in [2.45, 2.75) is 25.3 Å². The molecule has 1 saturated heterocycles. The molecule has 4 rings (SSSR count). The van der Waals surface area contributed by atoms with Gasteiger partial charge >= 0.3 is 0 Å². The van der Waals surface area contributed by atoms with Crippen LogP contribution in [0.15, 0.2) is 48.2 Å². The summed E-state index contributed by atoms with van der Waals surface area (Å²) < 4.78 is 0. The van der Waals surface area contributed by atoms with Crippen LogP contribution in [0.2, 0.25) is 0 Å². The highest BCUT2D eigenvalue weighted by Crippen LogP contribution is 2.28. The zero-order valence-corrected chi connectivity index (χ0v) is 14.3. The van der Waals surface area contributed by atoms with E-state index in [2.05, 4.69) is 54.8 Å². The monoisotopic (exact) mass is 339 g/mol. The Bertz CT molecular complexity index is 696. The van der Waals surface area contributed by atoms with E-state index in [9.17, 15) is 0 Å². The van der Waals surface area contributed by atoms with E-state index in [1.165, 1.54) is 29.8 Å². The third kappa shape index (κ3) is 3.28. The van der Waals surface area contributed by atoms with E-state index in [4.69, 9.17) is 0 Å². The van der Waals surface area contributed by atoms with E-state index < -0.39 is 0 Å². The highest BCUT2D eigenvalue weighted by atomic mass is 32.1. The van der Waals surface area contributed by atoms with Crippen molar-refractivity contribution in [3.63, 3.8) is 0 Å². The van der Waals surface area contributed by atoms with Crippen LogP contribution in [0.3, 0.4) is 0 Å². The fourth-order valence-electron chi connectivity index (χ4n) is 3.12. The zero-order valence-electron chi connectivity index (χ0n) is 13.5. The summed E-state index contributed by atoms with van der Waals surface area (Å²) in [5.74, 6) is 1.77. The summed E-state index contributed by atoms with van der Waals surface area (Å²) in [6, 6.07) is 8.40. The van der Waals surface area contributed by atoms with Gasteiger partial charge in [0.15, 0.2) is 0 Å². The van der Waals surface area contributed by atoms with Crippen LogP contribution in [0.4, 0.5) is 11.5 Å². The number of nitrogens with one attached hydrogen (secondary N) is 2. The molecule has 1 atom stereocenters. The molecule has 3 aromatic heterocycles. The summed E-state index contributed by atoms with van der Waals surface area (Å²) in [6.07, 6.45) is 9.50. The second-order valence-electron chi connectivity index (χ2n) is 6.02. The Labute approximate surface area is 145 Å². The molecular weight excluding hydrogens is 318 g/mol. The van der Waals surface area contributed by atoms with Gasteiger partial charge < -0.3 is 15.2 Å². The van der Waals surface area contributed by atoms with Crippen LogP contribution in [-0.2, 0) is 0 Å². The second kappa shape index (κ2) is 7.05. The number of piperidine rings is 1. The highest BCUT2D eigenvalue weighted by Gasteiger charge is 2.18. The minimum Gasteiger partial charge on any atom is -0.370 e. The van der Waals surface area contributed by atoms with Gasteiger partial charge in [-0.1, -0.05) is 6.07 Å². The van der Waals surface area contributed by atoms with Crippen molar-refractivity contribution in [1.82, 2.24) is 15.0 Å². The number of anilines is 2. The minimum atomic E-state index is -0.00617. The lowest BCUT2D eigenvalue weighted by atomic mass is 10.1. The van der Waals surface area contributed by atoms with E-state index in [0.29, 0.717) is 0 Å². The lowest BCUT2D eigenvalue weighted by Crippen LogP contribution is -2.29. The molecule has 0 radical (unpaired) electrons. The Morgan fingerprint density at radius 3 is 2.71 bits per heavy atom. The van der Waals surface area contributed by atoms with Crippen molar-refractivity contribution >= 4 is 22.8 Å². The van der Waals surface area contributed by atoms with Gasteiger partial charge in [0, 0.05) is 30.4 Å². The molecule has 3 aromatic rings. The molecule has 2 N–H and O–H groups in total. The maximum Gasteiger partial charge on any atom is 0.134 e. The van der Waals surface area contributed by atoms with Gasteiger partial charge in [0.25, 0.3) is 0 Å². The molecule has 1 aliphatic heterocycles. The molecule has 5 nitrogen and oxygen atoms in total. The number of H-pyrrole nitrogens is 1. The predicted molar refractivity (Wildman–Crippen MR) is 98.7 cm³/mol. The number of aromatic amines is 1. The van der Waals surface area contributed by atoms with Crippen molar-refractivity contribution < 1.29 is 0 Å². The fraction of sp³-hybridized carbons (Fsp3) is 0.333. The van der Waals surface area contributed by atoms with Gasteiger partial charge in [0.1, 0.15) is 17.7 Å². The van der Waals surface area contributed by atoms with Crippen LogP contribution >= 0.6 is 11.3 Å². The zero-order chi connectivity index (χ0) is 16.2. The van der Waals surface area contributed by atoms with Gasteiger partial charge in [-0.15, -0.1) is 11.3 Å². The predicted octanol–water partition coefficient (Wildman–Crippen LogP) is 4.06. The van der Waals surface area contributed by atoms with Crippen LogP contribution in [0, 0.1) is 0 Å². The number of rotatable bonds is 5. The first kappa shape index (κ1) is 15.2. The topological polar surface area (TPSA) is 56.8 Å². The van der Waals surface area contributed by atoms with Crippen molar-refractivity contribution in [2.75, 3.05) is 23.3 Å². The summed E-state index contributed by atoms with van der Waals surface area (Å²) in [4.78, 5) is 15.9. The number of hydrogen-bond donors (Lipinski definition) is 2. The Hall–Kier alpha value is -2.34. The Balaban J connectivity index is 1.52. The van der Waals surface area contributed by atoms with Crippen LogP contribution in [0.25, 0.3) is 0 Å².